The van der Waals surface area contributed by atoms with E-state index in [9.17, 15) is 35.1 Å². The van der Waals surface area contributed by atoms with Crippen molar-refractivity contribution in [3.8, 4) is 0 Å². The fourth-order valence-corrected chi connectivity index (χ4v) is 0.737. The van der Waals surface area contributed by atoms with Gasteiger partial charge >= 0.3 is 18.4 Å². The van der Waals surface area contributed by atoms with Crippen molar-refractivity contribution < 1.29 is 39.9 Å². The predicted molar refractivity (Wildman–Crippen MR) is 36.7 cm³/mol. The first-order valence-corrected chi connectivity index (χ1v) is 3.73. The van der Waals surface area contributed by atoms with Crippen molar-refractivity contribution in [3.05, 3.63) is 12.2 Å². The molecule has 0 aliphatic heterocycles. The van der Waals surface area contributed by atoms with Crippen LogP contribution in [0.5, 0.6) is 0 Å². The molecule has 0 aliphatic rings. The van der Waals surface area contributed by atoms with Crippen molar-refractivity contribution in [2.45, 2.75) is 31.5 Å². The fraction of sp³-hybridized carbons (Fsp3) is 0.714. The zero-order chi connectivity index (χ0) is 13.2. The summed E-state index contributed by atoms with van der Waals surface area (Å²) < 4.78 is 98.2. The third-order valence-corrected chi connectivity index (χ3v) is 1.27. The van der Waals surface area contributed by atoms with Gasteiger partial charge in [-0.15, -0.1) is 13.2 Å². The van der Waals surface area contributed by atoms with E-state index in [1.165, 1.54) is 0 Å². The number of hydrogen-bond donors (Lipinski definition) is 0. The van der Waals surface area contributed by atoms with Crippen LogP contribution in [0.2, 0.25) is 0 Å². The van der Waals surface area contributed by atoms with Gasteiger partial charge in [-0.2, -0.15) is 17.6 Å². The fourth-order valence-electron chi connectivity index (χ4n) is 0.737. The second kappa shape index (κ2) is 4.56. The summed E-state index contributed by atoms with van der Waals surface area (Å²) >= 11 is 0. The first-order valence-electron chi connectivity index (χ1n) is 3.73. The van der Waals surface area contributed by atoms with E-state index in [-0.39, 0.29) is 6.08 Å². The number of allylic oxidation sites excluding steroid dienone is 2. The summed E-state index contributed by atoms with van der Waals surface area (Å²) in [6.07, 6.45) is -15.8. The number of hydrogen-bond acceptors (Lipinski definition) is 1. The van der Waals surface area contributed by atoms with Crippen LogP contribution < -0.4 is 0 Å². The smallest absolute Gasteiger partial charge is 0.231 e. The van der Waals surface area contributed by atoms with Crippen LogP contribution in [-0.2, 0) is 4.74 Å². The van der Waals surface area contributed by atoms with E-state index in [4.69, 9.17) is 0 Å². The maximum absolute atomic E-state index is 12.5. The van der Waals surface area contributed by atoms with Crippen LogP contribution in [0, 0.1) is 0 Å². The molecule has 0 bridgehead atoms. The molecule has 96 valence electrons. The molecule has 1 unspecified atom stereocenters. The third kappa shape index (κ3) is 4.33. The van der Waals surface area contributed by atoms with E-state index in [1.807, 2.05) is 4.74 Å². The average Bonchev–Trinajstić information content (AvgIpc) is 1.98. The standard InChI is InChI=1S/C7H6F8O/c1-2-3-5(9,10)4(8)6(11,12)16-7(13,14)15/h2-4H,1H3/b3-2-. The summed E-state index contributed by atoms with van der Waals surface area (Å²) in [5, 5.41) is 0. The predicted octanol–water partition coefficient (Wildman–Crippen LogP) is 3.67. The Morgan fingerprint density at radius 1 is 1.00 bits per heavy atom. The lowest BCUT2D eigenvalue weighted by molar-refractivity contribution is -0.444. The largest absolute Gasteiger partial charge is 0.527 e. The van der Waals surface area contributed by atoms with Gasteiger partial charge in [0.15, 0.2) is 0 Å². The van der Waals surface area contributed by atoms with Crippen molar-refractivity contribution >= 4 is 0 Å². The molecule has 0 aromatic carbocycles. The minimum Gasteiger partial charge on any atom is -0.231 e. The number of rotatable bonds is 4. The van der Waals surface area contributed by atoms with Gasteiger partial charge in [0.1, 0.15) is 0 Å². The lowest BCUT2D eigenvalue weighted by Gasteiger charge is -2.25. The van der Waals surface area contributed by atoms with E-state index in [0.29, 0.717) is 6.08 Å². The Bertz CT molecular complexity index is 256. The molecule has 0 rings (SSSR count). The lowest BCUT2D eigenvalue weighted by atomic mass is 10.2. The first-order chi connectivity index (χ1) is 6.92. The summed E-state index contributed by atoms with van der Waals surface area (Å²) in [5.74, 6) is -4.76. The Morgan fingerprint density at radius 2 is 1.44 bits per heavy atom. The zero-order valence-electron chi connectivity index (χ0n) is 7.66. The molecule has 1 atom stereocenters. The highest BCUT2D eigenvalue weighted by molar-refractivity contribution is 5.00. The lowest BCUT2D eigenvalue weighted by Crippen LogP contribution is -2.47. The molecular formula is C7H6F8O. The minimum atomic E-state index is -5.92. The summed E-state index contributed by atoms with van der Waals surface area (Å²) in [7, 11) is 0. The van der Waals surface area contributed by atoms with Crippen LogP contribution in [0.1, 0.15) is 6.92 Å². The molecule has 0 spiro atoms. The Morgan fingerprint density at radius 3 is 1.75 bits per heavy atom. The quantitative estimate of drug-likeness (QED) is 0.552. The topological polar surface area (TPSA) is 9.23 Å². The van der Waals surface area contributed by atoms with Crippen molar-refractivity contribution in [1.29, 1.82) is 0 Å². The van der Waals surface area contributed by atoms with Gasteiger partial charge in [-0.1, -0.05) is 6.08 Å². The molecule has 0 aromatic heterocycles. The molecule has 0 amide bonds. The zero-order valence-corrected chi connectivity index (χ0v) is 7.66. The maximum atomic E-state index is 12.5. The molecule has 0 radical (unpaired) electrons. The Hall–Kier alpha value is -0.860. The highest BCUT2D eigenvalue weighted by Gasteiger charge is 2.60. The van der Waals surface area contributed by atoms with Crippen LogP contribution in [0.25, 0.3) is 0 Å². The van der Waals surface area contributed by atoms with Crippen LogP contribution >= 0.6 is 0 Å². The van der Waals surface area contributed by atoms with Gasteiger partial charge in [0.05, 0.1) is 0 Å². The molecule has 16 heavy (non-hydrogen) atoms. The molecule has 0 fully saturated rings. The maximum Gasteiger partial charge on any atom is 0.527 e. The van der Waals surface area contributed by atoms with Gasteiger partial charge in [-0.05, 0) is 13.0 Å². The van der Waals surface area contributed by atoms with Crippen LogP contribution in [0.3, 0.4) is 0 Å². The van der Waals surface area contributed by atoms with Gasteiger partial charge in [0.25, 0.3) is 6.17 Å². The molecule has 1 nitrogen and oxygen atoms in total. The Balaban J connectivity index is 4.89. The highest BCUT2D eigenvalue weighted by Crippen LogP contribution is 2.39. The number of alkyl halides is 8. The number of ether oxygens (including phenoxy) is 1. The van der Waals surface area contributed by atoms with E-state index in [2.05, 4.69) is 0 Å². The molecule has 0 aromatic rings. The van der Waals surface area contributed by atoms with Crippen LogP contribution in [0.4, 0.5) is 35.1 Å². The SMILES string of the molecule is C/C=C\C(F)(F)C(F)C(F)(F)OC(F)(F)F. The third-order valence-electron chi connectivity index (χ3n) is 1.27. The Kier molecular flexibility index (Phi) is 4.31. The van der Waals surface area contributed by atoms with Crippen molar-refractivity contribution in [2.75, 3.05) is 0 Å². The summed E-state index contributed by atoms with van der Waals surface area (Å²) in [4.78, 5) is 0. The molecule has 9 heteroatoms. The van der Waals surface area contributed by atoms with Crippen LogP contribution in [0.15, 0.2) is 12.2 Å². The second-order valence-electron chi connectivity index (χ2n) is 2.65. The number of halogens is 8. The van der Waals surface area contributed by atoms with E-state index < -0.39 is 24.6 Å². The van der Waals surface area contributed by atoms with Crippen molar-refractivity contribution in [1.82, 2.24) is 0 Å². The van der Waals surface area contributed by atoms with E-state index in [0.717, 1.165) is 6.92 Å². The molecule has 0 saturated carbocycles. The van der Waals surface area contributed by atoms with E-state index in [1.54, 1.807) is 0 Å². The minimum absolute atomic E-state index is 0.286. The monoisotopic (exact) mass is 258 g/mol. The van der Waals surface area contributed by atoms with Gasteiger partial charge < -0.3 is 0 Å². The normalized spacial score (nSPS) is 16.8. The van der Waals surface area contributed by atoms with Crippen molar-refractivity contribution in [3.63, 3.8) is 0 Å². The van der Waals surface area contributed by atoms with E-state index >= 15 is 0 Å². The molecule has 0 N–H and O–H groups in total. The van der Waals surface area contributed by atoms with Gasteiger partial charge in [0.2, 0.25) is 0 Å². The van der Waals surface area contributed by atoms with Crippen LogP contribution in [-0.4, -0.2) is 24.6 Å². The highest BCUT2D eigenvalue weighted by atomic mass is 19.4. The van der Waals surface area contributed by atoms with Gasteiger partial charge in [-0.25, -0.2) is 9.13 Å². The average molecular weight is 258 g/mol. The van der Waals surface area contributed by atoms with Gasteiger partial charge in [0, 0.05) is 0 Å². The molecular weight excluding hydrogens is 252 g/mol. The molecule has 0 saturated heterocycles. The molecule has 0 heterocycles. The second-order valence-corrected chi connectivity index (χ2v) is 2.65. The Labute approximate surface area is 84.7 Å². The summed E-state index contributed by atoms with van der Waals surface area (Å²) in [6, 6.07) is 0. The molecule has 0 aliphatic carbocycles. The summed E-state index contributed by atoms with van der Waals surface area (Å²) in [6.45, 7) is 0.962. The first kappa shape index (κ1) is 15.1. The van der Waals surface area contributed by atoms with Crippen molar-refractivity contribution in [2.24, 2.45) is 0 Å². The van der Waals surface area contributed by atoms with Gasteiger partial charge in [-0.3, -0.25) is 0 Å². The summed E-state index contributed by atoms with van der Waals surface area (Å²) in [5.41, 5.74) is 0.